The minimum absolute atomic E-state index is 0.0155. The zero-order chi connectivity index (χ0) is 29.1. The average Bonchev–Trinajstić information content (AvgIpc) is 3.59. The summed E-state index contributed by atoms with van der Waals surface area (Å²) in [5, 5.41) is 32.4. The summed E-state index contributed by atoms with van der Waals surface area (Å²) < 4.78 is 7.65. The van der Waals surface area contributed by atoms with Gasteiger partial charge in [-0.3, -0.25) is 19.2 Å². The standard InChI is InChI=1S/C27H23ClN4O7S/c1-11-23(36)21(13(3)33)25-22(24(11)37)27(4)18(39-25)7-15(34)20(26(27)38)12(2)29-8-14-9-32(31-30-14)10-16(35)17-5-6-19(28)40-17/h5-7,9,29,36-37H,8,10H2,1-4H3/b20-12+. The highest BCUT2D eigenvalue weighted by Crippen LogP contribution is 2.57. The summed E-state index contributed by atoms with van der Waals surface area (Å²) in [6.07, 6.45) is 2.72. The van der Waals surface area contributed by atoms with Crippen molar-refractivity contribution in [3.8, 4) is 17.2 Å². The molecule has 2 aromatic heterocycles. The number of Topliss-reactive ketones (excluding diaryl/α,β-unsaturated/α-hetero) is 3. The number of hydrogen-bond donors (Lipinski definition) is 3. The number of halogens is 1. The Kier molecular flexibility index (Phi) is 6.63. The van der Waals surface area contributed by atoms with Gasteiger partial charge in [0.1, 0.15) is 46.2 Å². The predicted molar refractivity (Wildman–Crippen MR) is 144 cm³/mol. The summed E-state index contributed by atoms with van der Waals surface area (Å²) in [6.45, 7) is 5.76. The van der Waals surface area contributed by atoms with Crippen LogP contribution in [0.1, 0.15) is 57.6 Å². The Morgan fingerprint density at radius 2 is 1.93 bits per heavy atom. The van der Waals surface area contributed by atoms with Crippen molar-refractivity contribution >= 4 is 46.1 Å². The normalized spacial score (nSPS) is 19.1. The third-order valence-corrected chi connectivity index (χ3v) is 8.31. The first-order chi connectivity index (χ1) is 18.8. The first kappa shape index (κ1) is 27.3. The fourth-order valence-corrected chi connectivity index (χ4v) is 5.83. The summed E-state index contributed by atoms with van der Waals surface area (Å²) in [6, 6.07) is 3.28. The van der Waals surface area contributed by atoms with E-state index in [1.54, 1.807) is 25.3 Å². The van der Waals surface area contributed by atoms with E-state index in [0.29, 0.717) is 14.9 Å². The molecule has 0 amide bonds. The Bertz CT molecular complexity index is 1720. The maximum Gasteiger partial charge on any atom is 0.194 e. The number of phenols is 2. The molecule has 3 aromatic rings. The molecule has 0 radical (unpaired) electrons. The van der Waals surface area contributed by atoms with Gasteiger partial charge in [-0.25, -0.2) is 4.68 Å². The van der Waals surface area contributed by atoms with Crippen LogP contribution in [0.4, 0.5) is 0 Å². The number of ketones is 4. The van der Waals surface area contributed by atoms with Crippen LogP contribution in [0.25, 0.3) is 0 Å². The van der Waals surface area contributed by atoms with E-state index in [1.807, 2.05) is 0 Å². The predicted octanol–water partition coefficient (Wildman–Crippen LogP) is 3.55. The number of hydrogen-bond acceptors (Lipinski definition) is 11. The van der Waals surface area contributed by atoms with Gasteiger partial charge >= 0.3 is 0 Å². The summed E-state index contributed by atoms with van der Waals surface area (Å²) in [5.74, 6) is -3.00. The summed E-state index contributed by atoms with van der Waals surface area (Å²) >= 11 is 7.07. The number of carbonyl (C=O) groups is 4. The van der Waals surface area contributed by atoms with Gasteiger partial charge in [-0.05, 0) is 39.8 Å². The van der Waals surface area contributed by atoms with E-state index in [4.69, 9.17) is 16.3 Å². The zero-order valence-electron chi connectivity index (χ0n) is 21.8. The lowest BCUT2D eigenvalue weighted by Gasteiger charge is -2.29. The molecule has 1 aliphatic heterocycles. The number of fused-ring (bicyclic) bond motifs is 3. The number of nitrogens with zero attached hydrogens (tertiary/aromatic N) is 3. The zero-order valence-corrected chi connectivity index (χ0v) is 23.4. The van der Waals surface area contributed by atoms with Crippen LogP contribution in [0.5, 0.6) is 17.2 Å². The van der Waals surface area contributed by atoms with Gasteiger partial charge < -0.3 is 20.3 Å². The SMILES string of the molecule is CC(=O)c1c(O)c(C)c(O)c2c1OC1=CC(=O)/C(=C(/C)NCc3cn(CC(=O)c4ccc(Cl)s4)nn3)C(=O)C12C. The number of rotatable bonds is 7. The minimum Gasteiger partial charge on any atom is -0.507 e. The number of carbonyl (C=O) groups excluding carboxylic acids is 4. The largest absolute Gasteiger partial charge is 0.507 e. The lowest BCUT2D eigenvalue weighted by molar-refractivity contribution is -0.123. The van der Waals surface area contributed by atoms with Crippen molar-refractivity contribution < 1.29 is 34.1 Å². The van der Waals surface area contributed by atoms with E-state index in [-0.39, 0.29) is 58.3 Å². The second-order valence-corrected chi connectivity index (χ2v) is 11.4. The van der Waals surface area contributed by atoms with E-state index < -0.39 is 34.3 Å². The molecule has 0 saturated carbocycles. The summed E-state index contributed by atoms with van der Waals surface area (Å²) in [4.78, 5) is 52.2. The van der Waals surface area contributed by atoms with Crippen LogP contribution in [0.2, 0.25) is 4.34 Å². The Morgan fingerprint density at radius 1 is 1.20 bits per heavy atom. The number of thiophene rings is 1. The molecule has 0 spiro atoms. The fourth-order valence-electron chi connectivity index (χ4n) is 4.86. The molecule has 0 bridgehead atoms. The van der Waals surface area contributed by atoms with Gasteiger partial charge in [-0.1, -0.05) is 16.8 Å². The summed E-state index contributed by atoms with van der Waals surface area (Å²) in [7, 11) is 0. The van der Waals surface area contributed by atoms with E-state index in [1.165, 1.54) is 36.8 Å². The van der Waals surface area contributed by atoms with Gasteiger partial charge in [0.05, 0.1) is 33.1 Å². The van der Waals surface area contributed by atoms with Crippen LogP contribution in [0, 0.1) is 6.92 Å². The first-order valence-electron chi connectivity index (χ1n) is 12.1. The van der Waals surface area contributed by atoms with Crippen molar-refractivity contribution in [2.75, 3.05) is 0 Å². The highest BCUT2D eigenvalue weighted by Gasteiger charge is 2.56. The Labute approximate surface area is 236 Å². The van der Waals surface area contributed by atoms with Gasteiger partial charge in [-0.2, -0.15) is 0 Å². The number of ether oxygens (including phenoxy) is 1. The van der Waals surface area contributed by atoms with Gasteiger partial charge in [-0.15, -0.1) is 16.4 Å². The molecule has 2 aliphatic rings. The summed E-state index contributed by atoms with van der Waals surface area (Å²) in [5.41, 5.74) is -1.20. The van der Waals surface area contributed by atoms with Gasteiger partial charge in [0.15, 0.2) is 23.1 Å². The molecule has 3 N–H and O–H groups in total. The topological polar surface area (TPSA) is 161 Å². The average molecular weight is 583 g/mol. The van der Waals surface area contributed by atoms with Crippen LogP contribution >= 0.6 is 22.9 Å². The molecule has 0 saturated heterocycles. The minimum atomic E-state index is -1.61. The van der Waals surface area contributed by atoms with Crippen molar-refractivity contribution in [2.24, 2.45) is 0 Å². The Balaban J connectivity index is 1.41. The molecule has 1 aliphatic carbocycles. The van der Waals surface area contributed by atoms with Crippen molar-refractivity contribution in [3.05, 3.63) is 73.0 Å². The number of aromatic nitrogens is 3. The monoisotopic (exact) mass is 582 g/mol. The van der Waals surface area contributed by atoms with Crippen molar-refractivity contribution in [3.63, 3.8) is 0 Å². The molecule has 1 aromatic carbocycles. The molecule has 11 nitrogen and oxygen atoms in total. The number of benzene rings is 1. The van der Waals surface area contributed by atoms with Crippen LogP contribution in [0.15, 0.2) is 41.4 Å². The fraction of sp³-hybridized carbons (Fsp3) is 0.259. The Hall–Kier alpha value is -4.29. The second kappa shape index (κ2) is 9.72. The molecular weight excluding hydrogens is 560 g/mol. The highest BCUT2D eigenvalue weighted by atomic mass is 35.5. The van der Waals surface area contributed by atoms with Crippen LogP contribution < -0.4 is 10.1 Å². The molecule has 206 valence electrons. The van der Waals surface area contributed by atoms with E-state index in [0.717, 1.165) is 6.08 Å². The van der Waals surface area contributed by atoms with Gasteiger partial charge in [0.2, 0.25) is 0 Å². The third-order valence-electron chi connectivity index (χ3n) is 7.03. The Morgan fingerprint density at radius 3 is 2.58 bits per heavy atom. The molecule has 40 heavy (non-hydrogen) atoms. The number of phenolic OH excluding ortho intramolecular Hbond substituents is 2. The van der Waals surface area contributed by atoms with Gasteiger partial charge in [0.25, 0.3) is 0 Å². The van der Waals surface area contributed by atoms with Gasteiger partial charge in [0, 0.05) is 17.3 Å². The molecule has 13 heteroatoms. The smallest absolute Gasteiger partial charge is 0.194 e. The molecule has 3 heterocycles. The van der Waals surface area contributed by atoms with Crippen LogP contribution in [-0.4, -0.2) is 48.3 Å². The third kappa shape index (κ3) is 4.20. The molecule has 0 fully saturated rings. The molecular formula is C27H23ClN4O7S. The maximum atomic E-state index is 13.9. The number of nitrogens with one attached hydrogen (secondary N) is 1. The van der Waals surface area contributed by atoms with Crippen molar-refractivity contribution in [2.45, 2.75) is 46.2 Å². The van der Waals surface area contributed by atoms with Crippen molar-refractivity contribution in [1.29, 1.82) is 0 Å². The molecule has 1 atom stereocenters. The number of aromatic hydroxyl groups is 2. The molecule has 1 unspecified atom stereocenters. The van der Waals surface area contributed by atoms with E-state index >= 15 is 0 Å². The van der Waals surface area contributed by atoms with E-state index in [9.17, 15) is 29.4 Å². The quantitative estimate of drug-likeness (QED) is 0.213. The lowest BCUT2D eigenvalue weighted by Crippen LogP contribution is -2.41. The van der Waals surface area contributed by atoms with Crippen molar-refractivity contribution in [1.82, 2.24) is 20.3 Å². The molecule has 5 rings (SSSR count). The first-order valence-corrected chi connectivity index (χ1v) is 13.2. The second-order valence-electron chi connectivity index (χ2n) is 9.67. The number of allylic oxidation sites excluding steroid dienone is 4. The van der Waals surface area contributed by atoms with Crippen LogP contribution in [-0.2, 0) is 28.1 Å². The maximum absolute atomic E-state index is 13.9. The lowest BCUT2D eigenvalue weighted by atomic mass is 9.70. The van der Waals surface area contributed by atoms with Crippen LogP contribution in [0.3, 0.4) is 0 Å². The highest BCUT2D eigenvalue weighted by molar-refractivity contribution is 7.18. The van der Waals surface area contributed by atoms with E-state index in [2.05, 4.69) is 15.6 Å².